The topological polar surface area (TPSA) is 96.9 Å². The normalized spacial score (nSPS) is 10.7. The molecule has 0 radical (unpaired) electrons. The van der Waals surface area contributed by atoms with Crippen LogP contribution >= 0.6 is 39.1 Å². The minimum Gasteiger partial charge on any atom is -0.422 e. The molecule has 10 heteroatoms. The second-order valence-corrected chi connectivity index (χ2v) is 8.40. The van der Waals surface area contributed by atoms with E-state index in [0.29, 0.717) is 26.3 Å². The molecule has 3 aromatic rings. The van der Waals surface area contributed by atoms with Crippen LogP contribution in [0, 0.1) is 6.92 Å². The zero-order valence-corrected chi connectivity index (χ0v) is 20.2. The zero-order valence-electron chi connectivity index (χ0n) is 17.1. The van der Waals surface area contributed by atoms with E-state index in [2.05, 4.69) is 31.8 Å². The summed E-state index contributed by atoms with van der Waals surface area (Å²) in [5, 5.41) is 6.72. The Hall–Kier alpha value is -3.20. The highest BCUT2D eigenvalue weighted by Gasteiger charge is 2.15. The number of nitrogens with zero attached hydrogens (tertiary/aromatic N) is 1. The molecule has 0 aliphatic rings. The molecule has 2 N–H and O–H groups in total. The number of esters is 1. The fourth-order valence-corrected chi connectivity index (χ4v) is 3.32. The van der Waals surface area contributed by atoms with Gasteiger partial charge in [-0.3, -0.25) is 9.59 Å². The minimum absolute atomic E-state index is 0.227. The van der Waals surface area contributed by atoms with Gasteiger partial charge in [-0.2, -0.15) is 5.10 Å². The predicted octanol–water partition coefficient (Wildman–Crippen LogP) is 5.37. The molecule has 0 unspecified atom stereocenters. The standard InChI is InChI=1S/C23H16BrCl2N3O4/c1-13-4-2-3-5-17(13)23(32)33-20-9-6-15(24)10-14(20)12-27-29-22(31)21(30)28-16-7-8-18(25)19(26)11-16/h2-12H,1H3,(H,28,30)(H,29,31). The maximum atomic E-state index is 12.5. The minimum atomic E-state index is -1.01. The van der Waals surface area contributed by atoms with Gasteiger partial charge in [-0.25, -0.2) is 10.2 Å². The van der Waals surface area contributed by atoms with Crippen molar-refractivity contribution >= 4 is 68.8 Å². The molecule has 0 saturated carbocycles. The summed E-state index contributed by atoms with van der Waals surface area (Å²) >= 11 is 15.1. The first kappa shape index (κ1) is 24.4. The Morgan fingerprint density at radius 1 is 0.970 bits per heavy atom. The first-order valence-corrected chi connectivity index (χ1v) is 11.0. The number of hydrogen-bond acceptors (Lipinski definition) is 5. The number of ether oxygens (including phenoxy) is 1. The van der Waals surface area contributed by atoms with Crippen LogP contribution in [-0.2, 0) is 9.59 Å². The molecule has 0 aliphatic heterocycles. The van der Waals surface area contributed by atoms with Crippen molar-refractivity contribution in [2.75, 3.05) is 5.32 Å². The van der Waals surface area contributed by atoms with Gasteiger partial charge in [-0.1, -0.05) is 57.3 Å². The van der Waals surface area contributed by atoms with E-state index < -0.39 is 17.8 Å². The molecular formula is C23H16BrCl2N3O4. The molecule has 3 aromatic carbocycles. The maximum absolute atomic E-state index is 12.5. The second kappa shape index (κ2) is 11.1. The van der Waals surface area contributed by atoms with Crippen molar-refractivity contribution < 1.29 is 19.1 Å². The molecular weight excluding hydrogens is 533 g/mol. The van der Waals surface area contributed by atoms with Gasteiger partial charge in [-0.05, 0) is 55.0 Å². The van der Waals surface area contributed by atoms with Crippen molar-refractivity contribution in [3.8, 4) is 5.75 Å². The smallest absolute Gasteiger partial charge is 0.343 e. The number of amides is 2. The van der Waals surface area contributed by atoms with E-state index in [1.54, 1.807) is 43.3 Å². The molecule has 2 amide bonds. The number of benzene rings is 3. The molecule has 0 bridgehead atoms. The number of halogens is 3. The van der Waals surface area contributed by atoms with E-state index >= 15 is 0 Å². The monoisotopic (exact) mass is 547 g/mol. The average Bonchev–Trinajstić information content (AvgIpc) is 2.78. The highest BCUT2D eigenvalue weighted by molar-refractivity contribution is 9.10. The lowest BCUT2D eigenvalue weighted by molar-refractivity contribution is -0.136. The summed E-state index contributed by atoms with van der Waals surface area (Å²) in [6.07, 6.45) is 1.26. The number of nitrogens with one attached hydrogen (secondary N) is 2. The summed E-state index contributed by atoms with van der Waals surface area (Å²) < 4.78 is 6.20. The molecule has 168 valence electrons. The van der Waals surface area contributed by atoms with Crippen LogP contribution in [0.15, 0.2) is 70.2 Å². The van der Waals surface area contributed by atoms with Crippen LogP contribution in [0.1, 0.15) is 21.5 Å². The lowest BCUT2D eigenvalue weighted by Crippen LogP contribution is -2.32. The average molecular weight is 549 g/mol. The summed E-state index contributed by atoms with van der Waals surface area (Å²) in [6.45, 7) is 1.80. The number of carbonyl (C=O) groups excluding carboxylic acids is 3. The van der Waals surface area contributed by atoms with E-state index in [9.17, 15) is 14.4 Å². The highest BCUT2D eigenvalue weighted by Crippen LogP contribution is 2.25. The zero-order chi connectivity index (χ0) is 24.0. The van der Waals surface area contributed by atoms with Gasteiger partial charge in [-0.15, -0.1) is 0 Å². The van der Waals surface area contributed by atoms with Crippen LogP contribution in [0.2, 0.25) is 10.0 Å². The lowest BCUT2D eigenvalue weighted by atomic mass is 10.1. The number of aryl methyl sites for hydroxylation is 1. The summed E-state index contributed by atoms with van der Waals surface area (Å²) in [5.41, 5.74) is 4.02. The predicted molar refractivity (Wildman–Crippen MR) is 131 cm³/mol. The summed E-state index contributed by atoms with van der Waals surface area (Å²) in [5.74, 6) is -2.27. The third-order valence-corrected chi connectivity index (χ3v) is 5.53. The van der Waals surface area contributed by atoms with Crippen LogP contribution in [0.3, 0.4) is 0 Å². The van der Waals surface area contributed by atoms with Gasteiger partial charge in [0, 0.05) is 15.7 Å². The quantitative estimate of drug-likeness (QED) is 0.147. The van der Waals surface area contributed by atoms with Crippen molar-refractivity contribution in [1.29, 1.82) is 0 Å². The fraction of sp³-hybridized carbons (Fsp3) is 0.0435. The van der Waals surface area contributed by atoms with Crippen LogP contribution in [-0.4, -0.2) is 24.0 Å². The van der Waals surface area contributed by atoms with E-state index in [0.717, 1.165) is 5.56 Å². The van der Waals surface area contributed by atoms with Gasteiger partial charge in [0.2, 0.25) is 0 Å². The van der Waals surface area contributed by atoms with Crippen molar-refractivity contribution in [3.63, 3.8) is 0 Å². The van der Waals surface area contributed by atoms with Crippen molar-refractivity contribution in [2.24, 2.45) is 5.10 Å². The second-order valence-electron chi connectivity index (χ2n) is 6.67. The largest absolute Gasteiger partial charge is 0.422 e. The summed E-state index contributed by atoms with van der Waals surface area (Å²) in [7, 11) is 0. The van der Waals surface area contributed by atoms with Crippen molar-refractivity contribution in [2.45, 2.75) is 6.92 Å². The van der Waals surface area contributed by atoms with Gasteiger partial charge in [0.15, 0.2) is 0 Å². The Bertz CT molecular complexity index is 1260. The molecule has 0 spiro atoms. The van der Waals surface area contributed by atoms with E-state index in [4.69, 9.17) is 27.9 Å². The van der Waals surface area contributed by atoms with Crippen molar-refractivity contribution in [1.82, 2.24) is 5.43 Å². The van der Waals surface area contributed by atoms with E-state index in [1.807, 2.05) is 6.07 Å². The Morgan fingerprint density at radius 3 is 2.45 bits per heavy atom. The Morgan fingerprint density at radius 2 is 1.73 bits per heavy atom. The number of anilines is 1. The van der Waals surface area contributed by atoms with Crippen LogP contribution in [0.4, 0.5) is 5.69 Å². The summed E-state index contributed by atoms with van der Waals surface area (Å²) in [4.78, 5) is 36.7. The molecule has 0 aromatic heterocycles. The first-order valence-electron chi connectivity index (χ1n) is 9.41. The van der Waals surface area contributed by atoms with Gasteiger partial charge >= 0.3 is 17.8 Å². The van der Waals surface area contributed by atoms with Gasteiger partial charge < -0.3 is 10.1 Å². The lowest BCUT2D eigenvalue weighted by Gasteiger charge is -2.09. The van der Waals surface area contributed by atoms with Gasteiger partial charge in [0.1, 0.15) is 5.75 Å². The molecule has 33 heavy (non-hydrogen) atoms. The maximum Gasteiger partial charge on any atom is 0.343 e. The SMILES string of the molecule is Cc1ccccc1C(=O)Oc1ccc(Br)cc1C=NNC(=O)C(=O)Nc1ccc(Cl)c(Cl)c1. The Kier molecular flexibility index (Phi) is 8.21. The molecule has 0 atom stereocenters. The molecule has 0 aliphatic carbocycles. The number of hydrogen-bond donors (Lipinski definition) is 2. The molecule has 3 rings (SSSR count). The number of rotatable bonds is 5. The third kappa shape index (κ3) is 6.64. The highest BCUT2D eigenvalue weighted by atomic mass is 79.9. The van der Waals surface area contributed by atoms with E-state index in [1.165, 1.54) is 24.4 Å². The Balaban J connectivity index is 1.67. The van der Waals surface area contributed by atoms with E-state index in [-0.39, 0.29) is 10.8 Å². The number of hydrazone groups is 1. The van der Waals surface area contributed by atoms with Crippen molar-refractivity contribution in [3.05, 3.63) is 91.9 Å². The Labute approximate surface area is 207 Å². The fourth-order valence-electron chi connectivity index (χ4n) is 2.64. The van der Waals surface area contributed by atoms with Gasteiger partial charge in [0.25, 0.3) is 0 Å². The third-order valence-electron chi connectivity index (χ3n) is 4.29. The molecule has 7 nitrogen and oxygen atoms in total. The van der Waals surface area contributed by atoms with Crippen LogP contribution < -0.4 is 15.5 Å². The first-order chi connectivity index (χ1) is 15.7. The molecule has 0 saturated heterocycles. The van der Waals surface area contributed by atoms with Crippen LogP contribution in [0.25, 0.3) is 0 Å². The van der Waals surface area contributed by atoms with Gasteiger partial charge in [0.05, 0.1) is 21.8 Å². The molecule has 0 fully saturated rings. The summed E-state index contributed by atoms with van der Waals surface area (Å²) in [6, 6.07) is 16.4. The van der Waals surface area contributed by atoms with Crippen LogP contribution in [0.5, 0.6) is 5.75 Å². The number of carbonyl (C=O) groups is 3. The molecule has 0 heterocycles.